The Balaban J connectivity index is 2.91. The Morgan fingerprint density at radius 3 is 2.21 bits per heavy atom. The molecule has 1 heterocycles. The standard InChI is InChI=1S/C14H27N5/c1-4-7-9-19(10-8-5-2)14-11-13(18-15)16-12(6-3)17-14/h11H,4-10,15H2,1-3H3,(H,16,17,18). The van der Waals surface area contributed by atoms with Crippen molar-refractivity contribution in [3.63, 3.8) is 0 Å². The van der Waals surface area contributed by atoms with Gasteiger partial charge in [0.25, 0.3) is 0 Å². The van der Waals surface area contributed by atoms with Crippen LogP contribution in [0.1, 0.15) is 52.3 Å². The first-order chi connectivity index (χ1) is 9.24. The van der Waals surface area contributed by atoms with E-state index >= 15 is 0 Å². The average Bonchev–Trinajstić information content (AvgIpc) is 2.46. The normalized spacial score (nSPS) is 10.5. The molecule has 0 aromatic carbocycles. The lowest BCUT2D eigenvalue weighted by atomic mass is 10.2. The quantitative estimate of drug-likeness (QED) is 0.531. The van der Waals surface area contributed by atoms with Crippen molar-refractivity contribution in [2.45, 2.75) is 52.9 Å². The van der Waals surface area contributed by atoms with Crippen LogP contribution in [0.5, 0.6) is 0 Å². The zero-order valence-corrected chi connectivity index (χ0v) is 12.4. The van der Waals surface area contributed by atoms with Crippen LogP contribution in [0.15, 0.2) is 6.07 Å². The van der Waals surface area contributed by atoms with Gasteiger partial charge >= 0.3 is 0 Å². The van der Waals surface area contributed by atoms with E-state index in [1.807, 2.05) is 6.07 Å². The Kier molecular flexibility index (Phi) is 7.18. The number of anilines is 2. The third-order valence-electron chi connectivity index (χ3n) is 3.11. The van der Waals surface area contributed by atoms with Crippen LogP contribution in [0, 0.1) is 0 Å². The number of nitrogen functional groups attached to an aromatic ring is 1. The first-order valence-corrected chi connectivity index (χ1v) is 7.34. The molecule has 0 atom stereocenters. The van der Waals surface area contributed by atoms with Crippen LogP contribution in [0.2, 0.25) is 0 Å². The van der Waals surface area contributed by atoms with Crippen LogP contribution >= 0.6 is 0 Å². The Hall–Kier alpha value is -1.36. The summed E-state index contributed by atoms with van der Waals surface area (Å²) < 4.78 is 0. The first kappa shape index (κ1) is 15.7. The van der Waals surface area contributed by atoms with Gasteiger partial charge < -0.3 is 10.3 Å². The molecule has 0 aliphatic carbocycles. The fourth-order valence-corrected chi connectivity index (χ4v) is 1.92. The summed E-state index contributed by atoms with van der Waals surface area (Å²) in [6.45, 7) is 8.56. The molecule has 0 saturated heterocycles. The van der Waals surface area contributed by atoms with E-state index in [0.717, 1.165) is 31.2 Å². The van der Waals surface area contributed by atoms with E-state index in [0.29, 0.717) is 5.82 Å². The van der Waals surface area contributed by atoms with E-state index in [-0.39, 0.29) is 0 Å². The molecule has 0 fully saturated rings. The number of nitrogens with zero attached hydrogens (tertiary/aromatic N) is 3. The molecule has 1 rings (SSSR count). The van der Waals surface area contributed by atoms with Crippen LogP contribution in [-0.2, 0) is 6.42 Å². The molecule has 0 aliphatic heterocycles. The number of rotatable bonds is 9. The van der Waals surface area contributed by atoms with Crippen molar-refractivity contribution in [3.8, 4) is 0 Å². The Morgan fingerprint density at radius 1 is 1.11 bits per heavy atom. The van der Waals surface area contributed by atoms with Crippen LogP contribution in [0.3, 0.4) is 0 Å². The van der Waals surface area contributed by atoms with Gasteiger partial charge in [0.05, 0.1) is 0 Å². The Bertz CT molecular complexity index is 337. The monoisotopic (exact) mass is 265 g/mol. The van der Waals surface area contributed by atoms with Gasteiger partial charge in [-0.25, -0.2) is 15.8 Å². The highest BCUT2D eigenvalue weighted by Crippen LogP contribution is 2.17. The summed E-state index contributed by atoms with van der Waals surface area (Å²) >= 11 is 0. The molecule has 3 N–H and O–H groups in total. The predicted octanol–water partition coefficient (Wildman–Crippen LogP) is 2.73. The van der Waals surface area contributed by atoms with Gasteiger partial charge in [-0.1, -0.05) is 33.6 Å². The van der Waals surface area contributed by atoms with Gasteiger partial charge in [0.15, 0.2) is 0 Å². The third-order valence-corrected chi connectivity index (χ3v) is 3.11. The van der Waals surface area contributed by atoms with Gasteiger partial charge in [-0.3, -0.25) is 0 Å². The van der Waals surface area contributed by atoms with Gasteiger partial charge in [-0.2, -0.15) is 0 Å². The van der Waals surface area contributed by atoms with Gasteiger partial charge in [-0.15, -0.1) is 0 Å². The molecular formula is C14H27N5. The van der Waals surface area contributed by atoms with Crippen molar-refractivity contribution >= 4 is 11.6 Å². The number of hydrogen-bond acceptors (Lipinski definition) is 5. The molecule has 0 unspecified atom stereocenters. The molecule has 108 valence electrons. The second kappa shape index (κ2) is 8.69. The minimum absolute atomic E-state index is 0.694. The number of aryl methyl sites for hydroxylation is 1. The van der Waals surface area contributed by atoms with Crippen LogP contribution < -0.4 is 16.2 Å². The minimum Gasteiger partial charge on any atom is -0.356 e. The molecule has 1 aromatic rings. The highest BCUT2D eigenvalue weighted by molar-refractivity contribution is 5.48. The zero-order chi connectivity index (χ0) is 14.1. The fourth-order valence-electron chi connectivity index (χ4n) is 1.92. The van der Waals surface area contributed by atoms with Crippen molar-refractivity contribution in [2.24, 2.45) is 5.84 Å². The summed E-state index contributed by atoms with van der Waals surface area (Å²) in [6, 6.07) is 1.94. The molecule has 0 amide bonds. The summed E-state index contributed by atoms with van der Waals surface area (Å²) in [4.78, 5) is 11.3. The lowest BCUT2D eigenvalue weighted by Gasteiger charge is -2.24. The molecule has 1 aromatic heterocycles. The van der Waals surface area contributed by atoms with E-state index < -0.39 is 0 Å². The summed E-state index contributed by atoms with van der Waals surface area (Å²) in [5.74, 6) is 8.00. The summed E-state index contributed by atoms with van der Waals surface area (Å²) in [7, 11) is 0. The summed E-state index contributed by atoms with van der Waals surface area (Å²) in [5, 5.41) is 0. The third kappa shape index (κ3) is 5.03. The van der Waals surface area contributed by atoms with E-state index in [1.54, 1.807) is 0 Å². The maximum absolute atomic E-state index is 5.48. The predicted molar refractivity (Wildman–Crippen MR) is 81.2 cm³/mol. The van der Waals surface area contributed by atoms with Crippen LogP contribution in [0.4, 0.5) is 11.6 Å². The van der Waals surface area contributed by atoms with Gasteiger partial charge in [-0.05, 0) is 12.8 Å². The van der Waals surface area contributed by atoms with Crippen LogP contribution in [-0.4, -0.2) is 23.1 Å². The van der Waals surface area contributed by atoms with E-state index in [9.17, 15) is 0 Å². The average molecular weight is 265 g/mol. The van der Waals surface area contributed by atoms with E-state index in [2.05, 4.69) is 41.1 Å². The molecule has 5 heteroatoms. The lowest BCUT2D eigenvalue weighted by Crippen LogP contribution is -2.27. The van der Waals surface area contributed by atoms with Gasteiger partial charge in [0, 0.05) is 25.6 Å². The molecule has 0 bridgehead atoms. The maximum Gasteiger partial charge on any atom is 0.145 e. The second-order valence-corrected chi connectivity index (χ2v) is 4.72. The highest BCUT2D eigenvalue weighted by Gasteiger charge is 2.10. The van der Waals surface area contributed by atoms with Crippen molar-refractivity contribution < 1.29 is 0 Å². The van der Waals surface area contributed by atoms with Gasteiger partial charge in [0.2, 0.25) is 0 Å². The molecule has 0 spiro atoms. The number of aromatic nitrogens is 2. The Labute approximate surface area is 116 Å². The largest absolute Gasteiger partial charge is 0.356 e. The van der Waals surface area contributed by atoms with Crippen molar-refractivity contribution in [3.05, 3.63) is 11.9 Å². The second-order valence-electron chi connectivity index (χ2n) is 4.72. The van der Waals surface area contributed by atoms with E-state index in [1.165, 1.54) is 25.7 Å². The zero-order valence-electron chi connectivity index (χ0n) is 12.4. The number of hydrogen-bond donors (Lipinski definition) is 2. The topological polar surface area (TPSA) is 67.1 Å². The van der Waals surface area contributed by atoms with Crippen LogP contribution in [0.25, 0.3) is 0 Å². The number of unbranched alkanes of at least 4 members (excludes halogenated alkanes) is 2. The number of nitrogens with two attached hydrogens (primary N) is 1. The van der Waals surface area contributed by atoms with Gasteiger partial charge in [0.1, 0.15) is 17.5 Å². The summed E-state index contributed by atoms with van der Waals surface area (Å²) in [5.41, 5.74) is 2.63. The van der Waals surface area contributed by atoms with Crippen molar-refractivity contribution in [2.75, 3.05) is 23.4 Å². The number of hydrazine groups is 1. The summed E-state index contributed by atoms with van der Waals surface area (Å²) in [6.07, 6.45) is 5.56. The molecule has 0 aliphatic rings. The minimum atomic E-state index is 0.694. The molecule has 19 heavy (non-hydrogen) atoms. The van der Waals surface area contributed by atoms with Crippen molar-refractivity contribution in [1.29, 1.82) is 0 Å². The lowest BCUT2D eigenvalue weighted by molar-refractivity contribution is 0.668. The number of nitrogens with one attached hydrogen (secondary N) is 1. The fraction of sp³-hybridized carbons (Fsp3) is 0.714. The Morgan fingerprint density at radius 2 is 1.74 bits per heavy atom. The van der Waals surface area contributed by atoms with E-state index in [4.69, 9.17) is 5.84 Å². The molecule has 5 nitrogen and oxygen atoms in total. The SMILES string of the molecule is CCCCN(CCCC)c1cc(NN)nc(CC)n1. The highest BCUT2D eigenvalue weighted by atomic mass is 15.3. The smallest absolute Gasteiger partial charge is 0.145 e. The first-order valence-electron chi connectivity index (χ1n) is 7.34. The molecular weight excluding hydrogens is 238 g/mol. The maximum atomic E-state index is 5.48. The van der Waals surface area contributed by atoms with Crippen molar-refractivity contribution in [1.82, 2.24) is 9.97 Å². The molecule has 0 saturated carbocycles. The molecule has 0 radical (unpaired) electrons.